The zero-order valence-corrected chi connectivity index (χ0v) is 26.2. The molecule has 0 bridgehead atoms. The van der Waals surface area contributed by atoms with Gasteiger partial charge in [-0.1, -0.05) is 13.0 Å². The van der Waals surface area contributed by atoms with E-state index in [1.54, 1.807) is 18.3 Å². The van der Waals surface area contributed by atoms with Gasteiger partial charge in [-0.05, 0) is 54.8 Å². The number of fused-ring (bicyclic) bond motifs is 1. The molecule has 10 heteroatoms. The number of aryl methyl sites for hydroxylation is 1. The molecule has 0 saturated carbocycles. The Balaban J connectivity index is 1.18. The van der Waals surface area contributed by atoms with Crippen LogP contribution in [0.5, 0.6) is 11.5 Å². The lowest BCUT2D eigenvalue weighted by molar-refractivity contribution is -0.00572. The van der Waals surface area contributed by atoms with E-state index in [1.165, 1.54) is 13.3 Å². The molecule has 1 unspecified atom stereocenters. The van der Waals surface area contributed by atoms with Crippen molar-refractivity contribution >= 4 is 23.9 Å². The molecule has 1 saturated heterocycles. The number of hydrogen-bond acceptors (Lipinski definition) is 9. The first-order valence-corrected chi connectivity index (χ1v) is 15.5. The molecule has 3 aromatic rings. The number of Topliss-reactive ketones (excluding diaryl/α,β-unsaturated/α-hetero) is 1. The van der Waals surface area contributed by atoms with Crippen LogP contribution in [0.2, 0.25) is 0 Å². The first kappa shape index (κ1) is 30.3. The van der Waals surface area contributed by atoms with Crippen LogP contribution in [0.15, 0.2) is 53.9 Å². The summed E-state index contributed by atoms with van der Waals surface area (Å²) in [4.78, 5) is 45.2. The normalized spacial score (nSPS) is 18.5. The van der Waals surface area contributed by atoms with E-state index in [-0.39, 0.29) is 24.0 Å². The number of aromatic nitrogens is 1. The predicted octanol–water partition coefficient (Wildman–Crippen LogP) is 5.15. The molecular weight excluding hydrogens is 572 g/mol. The SMILES string of the molecule is CCOc1cc(C(=O)N2CCC3(CC2)CC(=O)c2cc(-c4cncc(C(=O)OC)c4)ccc2O3)cc(CC)c1C1C=NN(C)C1. The Morgan fingerprint density at radius 3 is 2.53 bits per heavy atom. The van der Waals surface area contributed by atoms with Gasteiger partial charge < -0.3 is 19.1 Å². The van der Waals surface area contributed by atoms with Crippen LogP contribution in [0, 0.1) is 0 Å². The molecule has 45 heavy (non-hydrogen) atoms. The number of carbonyl (C=O) groups is 3. The highest BCUT2D eigenvalue weighted by Gasteiger charge is 2.44. The van der Waals surface area contributed by atoms with Crippen LogP contribution in [0.4, 0.5) is 0 Å². The second kappa shape index (κ2) is 12.3. The molecule has 6 rings (SSSR count). The van der Waals surface area contributed by atoms with Crippen molar-refractivity contribution in [1.82, 2.24) is 14.9 Å². The molecule has 3 aliphatic rings. The fraction of sp³-hybridized carbons (Fsp3) is 0.400. The Labute approximate surface area is 263 Å². The number of ether oxygens (including phenoxy) is 3. The van der Waals surface area contributed by atoms with Crippen molar-refractivity contribution in [3.63, 3.8) is 0 Å². The van der Waals surface area contributed by atoms with Gasteiger partial charge in [0.2, 0.25) is 0 Å². The maximum atomic E-state index is 13.8. The minimum Gasteiger partial charge on any atom is -0.494 e. The number of hydrazone groups is 1. The van der Waals surface area contributed by atoms with Crippen molar-refractivity contribution < 1.29 is 28.6 Å². The predicted molar refractivity (Wildman–Crippen MR) is 169 cm³/mol. The van der Waals surface area contributed by atoms with Crippen molar-refractivity contribution in [2.45, 2.75) is 51.0 Å². The fourth-order valence-corrected chi connectivity index (χ4v) is 6.61. The average molecular weight is 611 g/mol. The standard InChI is InChI=1S/C35H38N4O6/c1-5-22-13-24(16-31(44-6-2)32(22)27-20-37-38(3)21-27)33(41)39-11-9-35(10-12-39)17-29(40)28-15-23(7-8-30(28)45-35)25-14-26(19-36-18-25)34(42)43-4/h7-8,13-16,18-20,27H,5-6,9-12,17,21H2,1-4H3. The van der Waals surface area contributed by atoms with Gasteiger partial charge in [0, 0.05) is 80.7 Å². The summed E-state index contributed by atoms with van der Waals surface area (Å²) in [6, 6.07) is 11.0. The van der Waals surface area contributed by atoms with E-state index in [0.717, 1.165) is 35.4 Å². The van der Waals surface area contributed by atoms with Gasteiger partial charge in [0.1, 0.15) is 17.1 Å². The summed E-state index contributed by atoms with van der Waals surface area (Å²) in [6.45, 7) is 6.30. The van der Waals surface area contributed by atoms with E-state index >= 15 is 0 Å². The van der Waals surface area contributed by atoms with E-state index in [0.29, 0.717) is 60.5 Å². The molecule has 0 N–H and O–H groups in total. The Morgan fingerprint density at radius 2 is 1.84 bits per heavy atom. The molecular formula is C35H38N4O6. The van der Waals surface area contributed by atoms with E-state index < -0.39 is 11.6 Å². The lowest BCUT2D eigenvalue weighted by Gasteiger charge is -2.44. The second-order valence-corrected chi connectivity index (χ2v) is 11.9. The number of likely N-dealkylation sites (N-methyl/N-ethyl adjacent to an activating group) is 1. The fourth-order valence-electron chi connectivity index (χ4n) is 6.61. The summed E-state index contributed by atoms with van der Waals surface area (Å²) >= 11 is 0. The second-order valence-electron chi connectivity index (χ2n) is 11.9. The summed E-state index contributed by atoms with van der Waals surface area (Å²) in [7, 11) is 3.28. The number of ketones is 1. The van der Waals surface area contributed by atoms with E-state index in [2.05, 4.69) is 17.0 Å². The van der Waals surface area contributed by atoms with Crippen molar-refractivity contribution in [2.75, 3.05) is 40.4 Å². The molecule has 1 amide bonds. The van der Waals surface area contributed by atoms with Crippen molar-refractivity contribution in [3.8, 4) is 22.6 Å². The van der Waals surface area contributed by atoms with Gasteiger partial charge in [0.15, 0.2) is 5.78 Å². The molecule has 4 heterocycles. The lowest BCUT2D eigenvalue weighted by atomic mass is 9.81. The van der Waals surface area contributed by atoms with Gasteiger partial charge in [-0.3, -0.25) is 19.6 Å². The Morgan fingerprint density at radius 1 is 1.04 bits per heavy atom. The minimum atomic E-state index is -0.655. The zero-order chi connectivity index (χ0) is 31.7. The smallest absolute Gasteiger partial charge is 0.339 e. The van der Waals surface area contributed by atoms with Gasteiger partial charge in [0.25, 0.3) is 5.91 Å². The van der Waals surface area contributed by atoms with E-state index in [4.69, 9.17) is 14.2 Å². The largest absolute Gasteiger partial charge is 0.494 e. The van der Waals surface area contributed by atoms with Gasteiger partial charge in [-0.25, -0.2) is 4.79 Å². The number of carbonyl (C=O) groups excluding carboxylic acids is 3. The third kappa shape index (κ3) is 5.89. The number of piperidine rings is 1. The average Bonchev–Trinajstić information content (AvgIpc) is 3.49. The Hall–Kier alpha value is -4.73. The Bertz CT molecular complexity index is 1680. The first-order valence-electron chi connectivity index (χ1n) is 15.5. The molecule has 1 aromatic heterocycles. The maximum absolute atomic E-state index is 13.8. The molecule has 3 aliphatic heterocycles. The van der Waals surface area contributed by atoms with Gasteiger partial charge in [-0.2, -0.15) is 5.10 Å². The number of methoxy groups -OCH3 is 1. The number of hydrogen-bond donors (Lipinski definition) is 0. The maximum Gasteiger partial charge on any atom is 0.339 e. The first-order chi connectivity index (χ1) is 21.7. The van der Waals surface area contributed by atoms with E-state index in [1.807, 2.05) is 54.4 Å². The highest BCUT2D eigenvalue weighted by molar-refractivity contribution is 6.02. The highest BCUT2D eigenvalue weighted by atomic mass is 16.5. The minimum absolute atomic E-state index is 0.000544. The number of likely N-dealkylation sites (tertiary alicyclic amines) is 1. The summed E-state index contributed by atoms with van der Waals surface area (Å²) in [5.74, 6) is 0.882. The number of amides is 1. The molecule has 1 spiro atoms. The van der Waals surface area contributed by atoms with Crippen LogP contribution in [0.3, 0.4) is 0 Å². The molecule has 234 valence electrons. The molecule has 2 aromatic carbocycles. The topological polar surface area (TPSA) is 111 Å². The zero-order valence-electron chi connectivity index (χ0n) is 26.2. The third-order valence-electron chi connectivity index (χ3n) is 8.97. The van der Waals surface area contributed by atoms with Crippen molar-refractivity contribution in [1.29, 1.82) is 0 Å². The summed E-state index contributed by atoms with van der Waals surface area (Å²) in [5.41, 5.74) is 4.46. The van der Waals surface area contributed by atoms with E-state index in [9.17, 15) is 14.4 Å². The highest BCUT2D eigenvalue weighted by Crippen LogP contribution is 2.41. The Kier molecular flexibility index (Phi) is 8.31. The van der Waals surface area contributed by atoms with Crippen LogP contribution in [-0.2, 0) is 11.2 Å². The van der Waals surface area contributed by atoms with Crippen LogP contribution in [0.25, 0.3) is 11.1 Å². The monoisotopic (exact) mass is 610 g/mol. The third-order valence-corrected chi connectivity index (χ3v) is 8.97. The number of rotatable bonds is 7. The number of pyridine rings is 1. The summed E-state index contributed by atoms with van der Waals surface area (Å²) in [5, 5.41) is 6.33. The number of nitrogens with zero attached hydrogens (tertiary/aromatic N) is 4. The summed E-state index contributed by atoms with van der Waals surface area (Å²) in [6.07, 6.45) is 7.17. The molecule has 1 atom stereocenters. The quantitative estimate of drug-likeness (QED) is 0.338. The number of benzene rings is 2. The molecule has 1 fully saturated rings. The molecule has 0 radical (unpaired) electrons. The van der Waals surface area contributed by atoms with Crippen LogP contribution in [-0.4, -0.2) is 84.8 Å². The molecule has 0 aliphatic carbocycles. The summed E-state index contributed by atoms with van der Waals surface area (Å²) < 4.78 is 17.4. The van der Waals surface area contributed by atoms with Crippen molar-refractivity contribution in [3.05, 3.63) is 76.6 Å². The van der Waals surface area contributed by atoms with Crippen molar-refractivity contribution in [2.24, 2.45) is 5.10 Å². The van der Waals surface area contributed by atoms with Crippen LogP contribution < -0.4 is 9.47 Å². The lowest BCUT2D eigenvalue weighted by Crippen LogP contribution is -2.52. The van der Waals surface area contributed by atoms with Gasteiger partial charge in [-0.15, -0.1) is 0 Å². The van der Waals surface area contributed by atoms with Gasteiger partial charge >= 0.3 is 5.97 Å². The van der Waals surface area contributed by atoms with Crippen LogP contribution in [0.1, 0.15) is 81.2 Å². The number of esters is 1. The molecule has 10 nitrogen and oxygen atoms in total. The van der Waals surface area contributed by atoms with Gasteiger partial charge in [0.05, 0.1) is 31.3 Å². The van der Waals surface area contributed by atoms with Crippen LogP contribution >= 0.6 is 0 Å².